The number of fused-ring (bicyclic) bond motifs is 1. The Morgan fingerprint density at radius 3 is 2.61 bits per heavy atom. The average Bonchev–Trinajstić information content (AvgIpc) is 2.39. The highest BCUT2D eigenvalue weighted by Crippen LogP contribution is 2.46. The Labute approximate surface area is 116 Å². The summed E-state index contributed by atoms with van der Waals surface area (Å²) in [5.41, 5.74) is 0.364. The third-order valence-corrected chi connectivity index (χ3v) is 3.97. The van der Waals surface area contributed by atoms with Gasteiger partial charge >= 0.3 is 0 Å². The van der Waals surface area contributed by atoms with E-state index in [1.54, 1.807) is 25.8 Å². The third-order valence-electron chi connectivity index (χ3n) is 3.48. The average molecular weight is 312 g/mol. The molecule has 0 fully saturated rings. The molecule has 0 saturated carbocycles. The normalized spacial score (nSPS) is 23.4. The van der Waals surface area contributed by atoms with Crippen LogP contribution in [0.5, 0.6) is 0 Å². The number of carbonyl (C=O) groups is 1. The first-order valence-electron chi connectivity index (χ1n) is 5.96. The molecule has 1 heterocycles. The molecule has 1 aromatic rings. The molecule has 4 heteroatoms. The Hall–Kier alpha value is -0.870. The topological polar surface area (TPSA) is 40.5 Å². The van der Waals surface area contributed by atoms with E-state index in [4.69, 9.17) is 0 Å². The van der Waals surface area contributed by atoms with Gasteiger partial charge in [-0.25, -0.2) is 0 Å². The molecule has 0 unspecified atom stereocenters. The minimum Gasteiger partial charge on any atom is -0.390 e. The number of halogens is 1. The molecule has 0 aliphatic carbocycles. The van der Waals surface area contributed by atoms with Gasteiger partial charge in [-0.2, -0.15) is 0 Å². The number of carbonyl (C=O) groups excluding carboxylic acids is 1. The zero-order valence-electron chi connectivity index (χ0n) is 11.1. The Bertz CT molecular complexity index is 507. The van der Waals surface area contributed by atoms with Gasteiger partial charge in [0.1, 0.15) is 0 Å². The lowest BCUT2D eigenvalue weighted by Crippen LogP contribution is -2.41. The zero-order chi connectivity index (χ0) is 13.7. The monoisotopic (exact) mass is 311 g/mol. The van der Waals surface area contributed by atoms with Crippen molar-refractivity contribution in [2.45, 2.75) is 38.2 Å². The van der Waals surface area contributed by atoms with E-state index >= 15 is 0 Å². The summed E-state index contributed by atoms with van der Waals surface area (Å²) in [6.07, 6.45) is 0.409. The van der Waals surface area contributed by atoms with Gasteiger partial charge in [0.25, 0.3) is 0 Å². The maximum absolute atomic E-state index is 12.5. The van der Waals surface area contributed by atoms with Crippen molar-refractivity contribution < 1.29 is 9.90 Å². The van der Waals surface area contributed by atoms with Gasteiger partial charge in [0.15, 0.2) is 0 Å². The van der Waals surface area contributed by atoms with Crippen molar-refractivity contribution >= 4 is 27.5 Å². The molecule has 1 aromatic carbocycles. The quantitative estimate of drug-likeness (QED) is 0.912. The van der Waals surface area contributed by atoms with Crippen LogP contribution in [0.25, 0.3) is 0 Å². The molecule has 0 bridgehead atoms. The fraction of sp³-hybridized carbons (Fsp3) is 0.500. The summed E-state index contributed by atoms with van der Waals surface area (Å²) < 4.78 is 0.950. The molecule has 3 nitrogen and oxygen atoms in total. The number of anilines is 1. The van der Waals surface area contributed by atoms with Crippen LogP contribution in [0.3, 0.4) is 0 Å². The number of amides is 1. The van der Waals surface area contributed by atoms with E-state index in [1.807, 2.05) is 25.1 Å². The Kier molecular flexibility index (Phi) is 3.06. The van der Waals surface area contributed by atoms with E-state index in [-0.39, 0.29) is 5.91 Å². The molecule has 1 aliphatic rings. The lowest BCUT2D eigenvalue weighted by molar-refractivity contribution is -0.124. The largest absolute Gasteiger partial charge is 0.390 e. The third kappa shape index (κ3) is 2.08. The van der Waals surface area contributed by atoms with Crippen LogP contribution in [-0.4, -0.2) is 23.7 Å². The summed E-state index contributed by atoms with van der Waals surface area (Å²) in [7, 11) is 1.78. The van der Waals surface area contributed by atoms with E-state index in [0.717, 1.165) is 15.7 Å². The summed E-state index contributed by atoms with van der Waals surface area (Å²) >= 11 is 3.44. The van der Waals surface area contributed by atoms with Crippen LogP contribution in [0.1, 0.15) is 32.8 Å². The van der Waals surface area contributed by atoms with Crippen LogP contribution in [0.15, 0.2) is 22.7 Å². The molecular formula is C14H18BrNO2. The minimum atomic E-state index is -0.880. The molecule has 0 saturated heterocycles. The molecule has 98 valence electrons. The van der Waals surface area contributed by atoms with Crippen molar-refractivity contribution in [1.82, 2.24) is 0 Å². The molecule has 1 atom stereocenters. The van der Waals surface area contributed by atoms with Crippen LogP contribution in [0.4, 0.5) is 5.69 Å². The van der Waals surface area contributed by atoms with Crippen LogP contribution in [0, 0.1) is 0 Å². The van der Waals surface area contributed by atoms with Crippen molar-refractivity contribution in [1.29, 1.82) is 0 Å². The second-order valence-corrected chi connectivity index (χ2v) is 6.76. The van der Waals surface area contributed by atoms with E-state index in [9.17, 15) is 9.90 Å². The highest BCUT2D eigenvalue weighted by Gasteiger charge is 2.48. The lowest BCUT2D eigenvalue weighted by atomic mass is 9.75. The zero-order valence-corrected chi connectivity index (χ0v) is 12.7. The second-order valence-electron chi connectivity index (χ2n) is 5.85. The molecule has 18 heavy (non-hydrogen) atoms. The number of benzene rings is 1. The Morgan fingerprint density at radius 1 is 1.44 bits per heavy atom. The van der Waals surface area contributed by atoms with Crippen molar-refractivity contribution in [2.24, 2.45) is 0 Å². The minimum absolute atomic E-state index is 0.0396. The summed E-state index contributed by atoms with van der Waals surface area (Å²) in [5, 5.41) is 10.1. The predicted molar refractivity (Wildman–Crippen MR) is 75.8 cm³/mol. The molecule has 2 rings (SSSR count). The Morgan fingerprint density at radius 2 is 2.06 bits per heavy atom. The number of likely N-dealkylation sites (N-methyl/N-ethyl adjacent to an activating group) is 1. The molecule has 0 spiro atoms. The van der Waals surface area contributed by atoms with E-state index in [2.05, 4.69) is 15.9 Å². The van der Waals surface area contributed by atoms with E-state index < -0.39 is 11.0 Å². The maximum Gasteiger partial charge on any atom is 0.237 e. The SMILES string of the molecule is CN1C(=O)[C@@](C)(CC(C)(C)O)c2cc(Br)ccc21. The highest BCUT2D eigenvalue weighted by atomic mass is 79.9. The van der Waals surface area contributed by atoms with E-state index in [0.29, 0.717) is 6.42 Å². The van der Waals surface area contributed by atoms with Gasteiger partial charge in [-0.1, -0.05) is 15.9 Å². The first-order chi connectivity index (χ1) is 8.15. The van der Waals surface area contributed by atoms with Gasteiger partial charge in [-0.05, 0) is 51.0 Å². The fourth-order valence-corrected chi connectivity index (χ4v) is 3.23. The lowest BCUT2D eigenvalue weighted by Gasteiger charge is -2.30. The molecule has 0 aromatic heterocycles. The summed E-state index contributed by atoms with van der Waals surface area (Å²) in [6, 6.07) is 5.84. The van der Waals surface area contributed by atoms with Crippen molar-refractivity contribution in [3.05, 3.63) is 28.2 Å². The van der Waals surface area contributed by atoms with Gasteiger partial charge < -0.3 is 10.0 Å². The van der Waals surface area contributed by atoms with Gasteiger partial charge in [0, 0.05) is 17.2 Å². The first kappa shape index (κ1) is 13.6. The summed E-state index contributed by atoms with van der Waals surface area (Å²) in [4.78, 5) is 14.1. The van der Waals surface area contributed by atoms with Gasteiger partial charge in [-0.15, -0.1) is 0 Å². The van der Waals surface area contributed by atoms with Crippen LogP contribution < -0.4 is 4.90 Å². The van der Waals surface area contributed by atoms with Crippen molar-refractivity contribution in [2.75, 3.05) is 11.9 Å². The molecule has 1 amide bonds. The summed E-state index contributed by atoms with van der Waals surface area (Å²) in [5.74, 6) is 0.0396. The molecule has 1 N–H and O–H groups in total. The van der Waals surface area contributed by atoms with Crippen molar-refractivity contribution in [3.63, 3.8) is 0 Å². The smallest absolute Gasteiger partial charge is 0.237 e. The number of rotatable bonds is 2. The standard InChI is InChI=1S/C14H18BrNO2/c1-13(2,18)8-14(3)10-7-9(15)5-6-11(10)16(4)12(14)17/h5-7,18H,8H2,1-4H3/t14-/m0/s1. The number of nitrogens with zero attached hydrogens (tertiary/aromatic N) is 1. The molecular weight excluding hydrogens is 294 g/mol. The number of hydrogen-bond acceptors (Lipinski definition) is 2. The maximum atomic E-state index is 12.5. The highest BCUT2D eigenvalue weighted by molar-refractivity contribution is 9.10. The molecule has 1 aliphatic heterocycles. The van der Waals surface area contributed by atoms with Gasteiger partial charge in [-0.3, -0.25) is 4.79 Å². The van der Waals surface area contributed by atoms with Crippen LogP contribution in [0.2, 0.25) is 0 Å². The number of aliphatic hydroxyl groups is 1. The fourth-order valence-electron chi connectivity index (χ4n) is 2.87. The predicted octanol–water partition coefficient (Wildman–Crippen LogP) is 2.84. The van der Waals surface area contributed by atoms with Gasteiger partial charge in [0.05, 0.1) is 11.0 Å². The first-order valence-corrected chi connectivity index (χ1v) is 6.75. The summed E-state index contributed by atoms with van der Waals surface area (Å²) in [6.45, 7) is 5.38. The van der Waals surface area contributed by atoms with Crippen molar-refractivity contribution in [3.8, 4) is 0 Å². The number of hydrogen-bond donors (Lipinski definition) is 1. The van der Waals surface area contributed by atoms with Crippen LogP contribution >= 0.6 is 15.9 Å². The van der Waals surface area contributed by atoms with Crippen LogP contribution in [-0.2, 0) is 10.2 Å². The second kappa shape index (κ2) is 4.07. The Balaban J connectivity index is 2.57. The van der Waals surface area contributed by atoms with Gasteiger partial charge in [0.2, 0.25) is 5.91 Å². The molecule has 0 radical (unpaired) electrons. The van der Waals surface area contributed by atoms with E-state index in [1.165, 1.54) is 0 Å².